The highest BCUT2D eigenvalue weighted by molar-refractivity contribution is 7.99. The van der Waals surface area contributed by atoms with Gasteiger partial charge in [0, 0.05) is 24.7 Å². The number of thioether (sulfide) groups is 1. The molecule has 1 aromatic heterocycles. The van der Waals surface area contributed by atoms with Gasteiger partial charge in [-0.1, -0.05) is 53.7 Å². The van der Waals surface area contributed by atoms with Crippen LogP contribution in [0.1, 0.15) is 5.56 Å². The van der Waals surface area contributed by atoms with Gasteiger partial charge in [0.25, 0.3) is 5.22 Å². The summed E-state index contributed by atoms with van der Waals surface area (Å²) in [5.41, 5.74) is 2.47. The molecule has 3 aromatic rings. The molecule has 0 aliphatic carbocycles. The van der Waals surface area contributed by atoms with Crippen molar-refractivity contribution in [1.82, 2.24) is 9.88 Å². The van der Waals surface area contributed by atoms with Crippen LogP contribution in [0.25, 0.3) is 11.1 Å². The van der Waals surface area contributed by atoms with Crippen molar-refractivity contribution in [2.45, 2.75) is 11.8 Å². The third-order valence-corrected chi connectivity index (χ3v) is 4.39. The first-order valence-electron chi connectivity index (χ1n) is 7.08. The van der Waals surface area contributed by atoms with E-state index < -0.39 is 0 Å². The summed E-state index contributed by atoms with van der Waals surface area (Å²) in [6, 6.07) is 15.2. The highest BCUT2D eigenvalue weighted by atomic mass is 35.5. The summed E-state index contributed by atoms with van der Waals surface area (Å²) in [5.74, 6) is 0.309. The minimum absolute atomic E-state index is 0.0270. The van der Waals surface area contributed by atoms with Crippen LogP contribution in [0.3, 0.4) is 0 Å². The Hall–Kier alpha value is -1.98. The predicted octanol–water partition coefficient (Wildman–Crippen LogP) is 4.23. The Morgan fingerprint density at radius 3 is 2.83 bits per heavy atom. The molecular formula is C17H15ClN2O2S. The van der Waals surface area contributed by atoms with Crippen molar-refractivity contribution in [2.24, 2.45) is 0 Å². The van der Waals surface area contributed by atoms with E-state index in [0.717, 1.165) is 11.1 Å². The zero-order valence-electron chi connectivity index (χ0n) is 12.5. The zero-order chi connectivity index (χ0) is 16.2. The van der Waals surface area contributed by atoms with Crippen LogP contribution in [0.2, 0.25) is 5.02 Å². The number of halogens is 1. The van der Waals surface area contributed by atoms with Crippen LogP contribution in [-0.4, -0.2) is 28.6 Å². The van der Waals surface area contributed by atoms with Gasteiger partial charge in [-0.25, -0.2) is 4.98 Å². The Bertz CT molecular complexity index is 820. The normalized spacial score (nSPS) is 10.9. The van der Waals surface area contributed by atoms with E-state index in [4.69, 9.17) is 16.0 Å². The molecule has 3 rings (SSSR count). The number of aromatic nitrogens is 1. The molecule has 0 spiro atoms. The number of fused-ring (bicyclic) bond motifs is 1. The van der Waals surface area contributed by atoms with Gasteiger partial charge in [0.1, 0.15) is 5.52 Å². The fraction of sp³-hybridized carbons (Fsp3) is 0.176. The van der Waals surface area contributed by atoms with E-state index in [1.165, 1.54) is 11.8 Å². The van der Waals surface area contributed by atoms with Crippen molar-refractivity contribution in [2.75, 3.05) is 12.8 Å². The Morgan fingerprint density at radius 1 is 1.26 bits per heavy atom. The molecule has 0 aliphatic heterocycles. The lowest BCUT2D eigenvalue weighted by Crippen LogP contribution is -2.27. The van der Waals surface area contributed by atoms with Crippen molar-refractivity contribution in [3.8, 4) is 0 Å². The van der Waals surface area contributed by atoms with E-state index in [1.54, 1.807) is 30.1 Å². The molecule has 4 nitrogen and oxygen atoms in total. The summed E-state index contributed by atoms with van der Waals surface area (Å²) >= 11 is 7.21. The van der Waals surface area contributed by atoms with E-state index in [9.17, 15) is 4.79 Å². The third-order valence-electron chi connectivity index (χ3n) is 3.34. The first kappa shape index (κ1) is 15.9. The van der Waals surface area contributed by atoms with E-state index in [-0.39, 0.29) is 11.7 Å². The van der Waals surface area contributed by atoms with Gasteiger partial charge in [-0.05, 0) is 17.7 Å². The number of amides is 1. The van der Waals surface area contributed by atoms with Crippen LogP contribution >= 0.6 is 23.4 Å². The average molecular weight is 347 g/mol. The molecule has 0 saturated carbocycles. The van der Waals surface area contributed by atoms with Gasteiger partial charge in [-0.3, -0.25) is 4.79 Å². The number of nitrogens with zero attached hydrogens (tertiary/aromatic N) is 2. The topological polar surface area (TPSA) is 46.3 Å². The smallest absolute Gasteiger partial charge is 0.257 e. The average Bonchev–Trinajstić information content (AvgIpc) is 2.95. The van der Waals surface area contributed by atoms with Crippen molar-refractivity contribution in [3.63, 3.8) is 0 Å². The van der Waals surface area contributed by atoms with E-state index in [2.05, 4.69) is 4.98 Å². The third kappa shape index (κ3) is 4.06. The fourth-order valence-electron chi connectivity index (χ4n) is 2.12. The first-order valence-corrected chi connectivity index (χ1v) is 8.45. The molecule has 1 heterocycles. The minimum atomic E-state index is 0.0270. The van der Waals surface area contributed by atoms with Gasteiger partial charge < -0.3 is 9.32 Å². The maximum absolute atomic E-state index is 12.2. The predicted molar refractivity (Wildman–Crippen MR) is 92.7 cm³/mol. The van der Waals surface area contributed by atoms with Gasteiger partial charge >= 0.3 is 0 Å². The van der Waals surface area contributed by atoms with E-state index >= 15 is 0 Å². The molecule has 23 heavy (non-hydrogen) atoms. The lowest BCUT2D eigenvalue weighted by atomic mass is 10.2. The van der Waals surface area contributed by atoms with Gasteiger partial charge in [0.05, 0.1) is 5.75 Å². The number of oxazole rings is 1. The summed E-state index contributed by atoms with van der Waals surface area (Å²) in [4.78, 5) is 18.2. The lowest BCUT2D eigenvalue weighted by molar-refractivity contribution is -0.127. The van der Waals surface area contributed by atoms with Crippen LogP contribution in [0.4, 0.5) is 0 Å². The summed E-state index contributed by atoms with van der Waals surface area (Å²) < 4.78 is 5.59. The highest BCUT2D eigenvalue weighted by Crippen LogP contribution is 2.25. The molecule has 0 atom stereocenters. The lowest BCUT2D eigenvalue weighted by Gasteiger charge is -2.16. The van der Waals surface area contributed by atoms with E-state index in [1.807, 2.05) is 30.3 Å². The first-order chi connectivity index (χ1) is 11.1. The van der Waals surface area contributed by atoms with E-state index in [0.29, 0.717) is 22.4 Å². The molecule has 2 aromatic carbocycles. The maximum atomic E-state index is 12.2. The second-order valence-corrected chi connectivity index (χ2v) is 6.48. The molecule has 118 valence electrons. The molecule has 0 N–H and O–H groups in total. The molecule has 0 bridgehead atoms. The molecule has 0 fully saturated rings. The second kappa shape index (κ2) is 7.06. The van der Waals surface area contributed by atoms with Gasteiger partial charge in [0.2, 0.25) is 5.91 Å². The summed E-state index contributed by atoms with van der Waals surface area (Å²) in [5, 5.41) is 1.08. The van der Waals surface area contributed by atoms with Crippen LogP contribution in [0, 0.1) is 0 Å². The Balaban J connectivity index is 1.59. The van der Waals surface area contributed by atoms with Gasteiger partial charge in [0.15, 0.2) is 5.58 Å². The standard InChI is InChI=1S/C17H15ClN2O2S/c1-20(10-12-5-3-2-4-6-12)16(21)11-23-17-19-14-8-7-13(18)9-15(14)22-17/h2-9H,10-11H2,1H3. The summed E-state index contributed by atoms with van der Waals surface area (Å²) in [6.45, 7) is 0.587. The van der Waals surface area contributed by atoms with Crippen molar-refractivity contribution in [1.29, 1.82) is 0 Å². The monoisotopic (exact) mass is 346 g/mol. The molecule has 6 heteroatoms. The number of carbonyl (C=O) groups excluding carboxylic acids is 1. The van der Waals surface area contributed by atoms with Crippen LogP contribution in [0.15, 0.2) is 58.2 Å². The fourth-order valence-corrected chi connectivity index (χ4v) is 3.06. The summed E-state index contributed by atoms with van der Waals surface area (Å²) in [6.07, 6.45) is 0. The number of hydrogen-bond donors (Lipinski definition) is 0. The molecule has 0 aliphatic rings. The molecule has 1 amide bonds. The highest BCUT2D eigenvalue weighted by Gasteiger charge is 2.13. The number of hydrogen-bond acceptors (Lipinski definition) is 4. The largest absolute Gasteiger partial charge is 0.431 e. The summed E-state index contributed by atoms with van der Waals surface area (Å²) in [7, 11) is 1.79. The maximum Gasteiger partial charge on any atom is 0.257 e. The van der Waals surface area contributed by atoms with Gasteiger partial charge in [-0.15, -0.1) is 0 Å². The number of rotatable bonds is 5. The molecule has 0 radical (unpaired) electrons. The SMILES string of the molecule is CN(Cc1ccccc1)C(=O)CSc1nc2ccc(Cl)cc2o1. The van der Waals surface area contributed by atoms with Crippen molar-refractivity contribution >= 4 is 40.4 Å². The second-order valence-electron chi connectivity index (χ2n) is 5.12. The Kier molecular flexibility index (Phi) is 4.88. The number of benzene rings is 2. The zero-order valence-corrected chi connectivity index (χ0v) is 14.1. The Morgan fingerprint density at radius 2 is 2.04 bits per heavy atom. The van der Waals surface area contributed by atoms with Crippen LogP contribution in [0.5, 0.6) is 0 Å². The molecule has 0 unspecified atom stereocenters. The van der Waals surface area contributed by atoms with Crippen LogP contribution in [-0.2, 0) is 11.3 Å². The molecule has 0 saturated heterocycles. The van der Waals surface area contributed by atoms with Crippen molar-refractivity contribution in [3.05, 3.63) is 59.1 Å². The Labute approximate surface area is 143 Å². The minimum Gasteiger partial charge on any atom is -0.431 e. The molecular weight excluding hydrogens is 332 g/mol. The van der Waals surface area contributed by atoms with Crippen LogP contribution < -0.4 is 0 Å². The van der Waals surface area contributed by atoms with Crippen molar-refractivity contribution < 1.29 is 9.21 Å². The quantitative estimate of drug-likeness (QED) is 0.648. The van der Waals surface area contributed by atoms with Gasteiger partial charge in [-0.2, -0.15) is 0 Å². The number of carbonyl (C=O) groups is 1.